The second kappa shape index (κ2) is 12.1. The molecule has 1 aliphatic rings. The number of hydrogen-bond acceptors (Lipinski definition) is 3. The van der Waals surface area contributed by atoms with Gasteiger partial charge in [-0.05, 0) is 56.7 Å². The van der Waals surface area contributed by atoms with Crippen molar-refractivity contribution in [3.05, 3.63) is 29.8 Å². The van der Waals surface area contributed by atoms with E-state index in [1.165, 1.54) is 11.3 Å². The second-order valence-corrected chi connectivity index (χ2v) is 9.73. The molecule has 0 spiro atoms. The Morgan fingerprint density at radius 1 is 1.21 bits per heavy atom. The summed E-state index contributed by atoms with van der Waals surface area (Å²) in [6, 6.07) is 9.14. The number of aliphatic imine (C=N–C) groups is 1. The number of aryl methyl sites for hydroxylation is 1. The summed E-state index contributed by atoms with van der Waals surface area (Å²) < 4.78 is 12.2. The van der Waals surface area contributed by atoms with Crippen LogP contribution in [0, 0.1) is 0 Å². The van der Waals surface area contributed by atoms with Gasteiger partial charge in [-0.2, -0.15) is 0 Å². The Kier molecular flexibility index (Phi) is 9.82. The minimum atomic E-state index is -0.689. The van der Waals surface area contributed by atoms with Crippen LogP contribution in [0.4, 0.5) is 5.69 Å². The van der Waals surface area contributed by atoms with Crippen LogP contribution in [0.1, 0.15) is 51.5 Å². The van der Waals surface area contributed by atoms with Gasteiger partial charge in [0.1, 0.15) is 0 Å². The molecule has 0 saturated heterocycles. The molecular weight excluding hydrogens is 368 g/mol. The molecule has 1 aliphatic carbocycles. The molecular formula is C22H38N4OS. The lowest BCUT2D eigenvalue weighted by Gasteiger charge is -2.30. The third-order valence-electron chi connectivity index (χ3n) is 5.31. The van der Waals surface area contributed by atoms with E-state index < -0.39 is 10.8 Å². The molecule has 0 amide bonds. The van der Waals surface area contributed by atoms with Crippen LogP contribution in [0.15, 0.2) is 29.3 Å². The topological polar surface area (TPSA) is 56.7 Å². The van der Waals surface area contributed by atoms with E-state index in [-0.39, 0.29) is 0 Å². The van der Waals surface area contributed by atoms with Crippen LogP contribution in [-0.4, -0.2) is 54.4 Å². The van der Waals surface area contributed by atoms with Crippen LogP contribution in [0.2, 0.25) is 0 Å². The van der Waals surface area contributed by atoms with Crippen molar-refractivity contribution in [3.8, 4) is 0 Å². The molecule has 3 atom stereocenters. The highest BCUT2D eigenvalue weighted by atomic mass is 32.2. The number of nitrogens with zero attached hydrogens (tertiary/aromatic N) is 2. The maximum absolute atomic E-state index is 12.2. The molecule has 5 nitrogen and oxygen atoms in total. The van der Waals surface area contributed by atoms with Gasteiger partial charge in [0.15, 0.2) is 5.96 Å². The van der Waals surface area contributed by atoms with Crippen LogP contribution in [0.25, 0.3) is 0 Å². The van der Waals surface area contributed by atoms with E-state index in [4.69, 9.17) is 4.99 Å². The molecule has 1 saturated carbocycles. The molecule has 1 aromatic carbocycles. The largest absolute Gasteiger partial charge is 0.378 e. The first-order valence-electron chi connectivity index (χ1n) is 10.7. The quantitative estimate of drug-likeness (QED) is 0.375. The number of nitrogens with one attached hydrogen (secondary N) is 2. The normalized spacial score (nSPS) is 21.2. The zero-order valence-electron chi connectivity index (χ0n) is 18.0. The average molecular weight is 407 g/mol. The Labute approximate surface area is 173 Å². The second-order valence-electron chi connectivity index (χ2n) is 7.72. The Bertz CT molecular complexity index is 630. The van der Waals surface area contributed by atoms with Gasteiger partial charge in [0.25, 0.3) is 0 Å². The molecule has 0 bridgehead atoms. The summed E-state index contributed by atoms with van der Waals surface area (Å²) in [6.45, 7) is 5.78. The monoisotopic (exact) mass is 406 g/mol. The molecule has 2 N–H and O–H groups in total. The van der Waals surface area contributed by atoms with Crippen LogP contribution >= 0.6 is 0 Å². The fourth-order valence-electron chi connectivity index (χ4n) is 3.70. The molecule has 0 aromatic heterocycles. The fourth-order valence-corrected chi connectivity index (χ4v) is 5.05. The van der Waals surface area contributed by atoms with Crippen molar-refractivity contribution in [1.29, 1.82) is 0 Å². The van der Waals surface area contributed by atoms with Gasteiger partial charge >= 0.3 is 0 Å². The van der Waals surface area contributed by atoms with Crippen molar-refractivity contribution in [1.82, 2.24) is 10.6 Å². The highest BCUT2D eigenvalue weighted by Crippen LogP contribution is 2.23. The first-order chi connectivity index (χ1) is 13.5. The third kappa shape index (κ3) is 7.46. The summed E-state index contributed by atoms with van der Waals surface area (Å²) in [5.41, 5.74) is 2.59. The van der Waals surface area contributed by atoms with E-state index in [1.807, 2.05) is 6.92 Å². The summed E-state index contributed by atoms with van der Waals surface area (Å²) in [7, 11) is 3.44. The van der Waals surface area contributed by atoms with Gasteiger partial charge in [-0.1, -0.05) is 25.5 Å². The Morgan fingerprint density at radius 2 is 1.96 bits per heavy atom. The zero-order valence-corrected chi connectivity index (χ0v) is 18.9. The number of hydrogen-bond donors (Lipinski definition) is 2. The van der Waals surface area contributed by atoms with Crippen molar-refractivity contribution in [2.75, 3.05) is 37.8 Å². The smallest absolute Gasteiger partial charge is 0.191 e. The highest BCUT2D eigenvalue weighted by molar-refractivity contribution is 7.85. The standard InChI is InChI=1S/C22H38N4OS/c1-5-23-22(25-19-10-7-11-21(17-19)28(27)6-2)24-16-8-9-18-12-14-20(15-13-18)26(3)4/h12-15,19,21H,5-11,16-17H2,1-4H3,(H2,23,24,25). The lowest BCUT2D eigenvalue weighted by atomic mass is 9.95. The minimum absolute atomic E-state index is 0.337. The predicted octanol–water partition coefficient (Wildman–Crippen LogP) is 3.32. The van der Waals surface area contributed by atoms with E-state index in [0.29, 0.717) is 11.3 Å². The maximum Gasteiger partial charge on any atom is 0.191 e. The SMILES string of the molecule is CCNC(=NCCCc1ccc(N(C)C)cc1)NC1CCCC(S(=O)CC)C1. The van der Waals surface area contributed by atoms with Gasteiger partial charge in [-0.25, -0.2) is 0 Å². The molecule has 1 aromatic rings. The van der Waals surface area contributed by atoms with Gasteiger partial charge in [0.2, 0.25) is 0 Å². The highest BCUT2D eigenvalue weighted by Gasteiger charge is 2.25. The summed E-state index contributed by atoms with van der Waals surface area (Å²) in [4.78, 5) is 6.89. The van der Waals surface area contributed by atoms with Gasteiger partial charge in [-0.15, -0.1) is 0 Å². The van der Waals surface area contributed by atoms with Crippen molar-refractivity contribution >= 4 is 22.4 Å². The van der Waals surface area contributed by atoms with Crippen molar-refractivity contribution in [2.24, 2.45) is 4.99 Å². The first-order valence-corrected chi connectivity index (χ1v) is 12.1. The van der Waals surface area contributed by atoms with E-state index in [1.54, 1.807) is 0 Å². The summed E-state index contributed by atoms with van der Waals surface area (Å²) in [5, 5.41) is 7.28. The molecule has 0 radical (unpaired) electrons. The Hall–Kier alpha value is -1.56. The number of benzene rings is 1. The number of guanidine groups is 1. The lowest BCUT2D eigenvalue weighted by molar-refractivity contribution is 0.413. The lowest BCUT2D eigenvalue weighted by Crippen LogP contribution is -2.46. The van der Waals surface area contributed by atoms with E-state index in [9.17, 15) is 4.21 Å². The van der Waals surface area contributed by atoms with Gasteiger partial charge < -0.3 is 15.5 Å². The van der Waals surface area contributed by atoms with Crippen molar-refractivity contribution in [3.63, 3.8) is 0 Å². The maximum atomic E-state index is 12.2. The van der Waals surface area contributed by atoms with E-state index in [2.05, 4.69) is 60.8 Å². The van der Waals surface area contributed by atoms with E-state index >= 15 is 0 Å². The molecule has 2 rings (SSSR count). The first kappa shape index (κ1) is 22.7. The van der Waals surface area contributed by atoms with Crippen LogP contribution in [-0.2, 0) is 17.2 Å². The molecule has 1 fully saturated rings. The number of rotatable bonds is 9. The van der Waals surface area contributed by atoms with Crippen LogP contribution < -0.4 is 15.5 Å². The summed E-state index contributed by atoms with van der Waals surface area (Å²) in [5.74, 6) is 1.67. The summed E-state index contributed by atoms with van der Waals surface area (Å²) >= 11 is 0. The fraction of sp³-hybridized carbons (Fsp3) is 0.682. The molecule has 28 heavy (non-hydrogen) atoms. The van der Waals surface area contributed by atoms with Crippen molar-refractivity contribution in [2.45, 2.75) is 63.7 Å². The average Bonchev–Trinajstić information content (AvgIpc) is 2.71. The van der Waals surface area contributed by atoms with Gasteiger partial charge in [0, 0.05) is 60.7 Å². The van der Waals surface area contributed by atoms with Crippen LogP contribution in [0.5, 0.6) is 0 Å². The van der Waals surface area contributed by atoms with Crippen LogP contribution in [0.3, 0.4) is 0 Å². The Morgan fingerprint density at radius 3 is 2.61 bits per heavy atom. The number of anilines is 1. The van der Waals surface area contributed by atoms with Gasteiger partial charge in [0.05, 0.1) is 0 Å². The molecule has 158 valence electrons. The molecule has 0 aliphatic heterocycles. The predicted molar refractivity (Wildman–Crippen MR) is 123 cm³/mol. The summed E-state index contributed by atoms with van der Waals surface area (Å²) in [6.07, 6.45) is 6.45. The Balaban J connectivity index is 1.82. The zero-order chi connectivity index (χ0) is 20.4. The molecule has 3 unspecified atom stereocenters. The van der Waals surface area contributed by atoms with Crippen molar-refractivity contribution < 1.29 is 4.21 Å². The van der Waals surface area contributed by atoms with Gasteiger partial charge in [-0.3, -0.25) is 9.20 Å². The molecule has 0 heterocycles. The minimum Gasteiger partial charge on any atom is -0.378 e. The van der Waals surface area contributed by atoms with E-state index in [0.717, 1.165) is 63.3 Å². The third-order valence-corrected chi connectivity index (χ3v) is 7.05. The molecule has 6 heteroatoms.